The molecule has 0 bridgehead atoms. The van der Waals surface area contributed by atoms with Crippen LogP contribution in [-0.2, 0) is 15.8 Å². The van der Waals surface area contributed by atoms with Crippen molar-refractivity contribution in [3.05, 3.63) is 33.8 Å². The van der Waals surface area contributed by atoms with Crippen molar-refractivity contribution in [2.45, 2.75) is 5.75 Å². The predicted molar refractivity (Wildman–Crippen MR) is 66.1 cm³/mol. The van der Waals surface area contributed by atoms with E-state index in [0.29, 0.717) is 15.6 Å². The van der Waals surface area contributed by atoms with Gasteiger partial charge in [-0.1, -0.05) is 29.3 Å². The lowest BCUT2D eigenvalue weighted by molar-refractivity contribution is 0.581. The normalized spacial score (nSPS) is 11.7. The van der Waals surface area contributed by atoms with Crippen molar-refractivity contribution in [3.8, 4) is 0 Å². The van der Waals surface area contributed by atoms with Gasteiger partial charge in [0.05, 0.1) is 15.8 Å². The predicted octanol–water partition coefficient (Wildman–Crippen LogP) is 1.37. The summed E-state index contributed by atoms with van der Waals surface area (Å²) in [5.74, 6) is -0.135. The van der Waals surface area contributed by atoms with Gasteiger partial charge in [0.2, 0.25) is 10.0 Å². The third-order valence-corrected chi connectivity index (χ3v) is 3.90. The second-order valence-electron chi connectivity index (χ2n) is 3.19. The van der Waals surface area contributed by atoms with Gasteiger partial charge in [0, 0.05) is 13.1 Å². The van der Waals surface area contributed by atoms with Crippen LogP contribution < -0.4 is 10.5 Å². The van der Waals surface area contributed by atoms with Crippen molar-refractivity contribution in [1.82, 2.24) is 4.72 Å². The molecule has 7 heteroatoms. The lowest BCUT2D eigenvalue weighted by Crippen LogP contribution is -2.30. The van der Waals surface area contributed by atoms with Gasteiger partial charge in [0.15, 0.2) is 0 Å². The monoisotopic (exact) mass is 282 g/mol. The highest BCUT2D eigenvalue weighted by atomic mass is 35.5. The van der Waals surface area contributed by atoms with E-state index in [2.05, 4.69) is 4.72 Å². The zero-order valence-corrected chi connectivity index (χ0v) is 10.7. The zero-order valence-electron chi connectivity index (χ0n) is 8.41. The average Bonchev–Trinajstić information content (AvgIpc) is 2.20. The maximum atomic E-state index is 11.5. The largest absolute Gasteiger partial charge is 0.329 e. The van der Waals surface area contributed by atoms with Gasteiger partial charge < -0.3 is 5.73 Å². The first-order valence-electron chi connectivity index (χ1n) is 4.56. The Morgan fingerprint density at radius 1 is 1.25 bits per heavy atom. The average molecular weight is 283 g/mol. The molecule has 0 unspecified atom stereocenters. The first kappa shape index (κ1) is 13.7. The van der Waals surface area contributed by atoms with E-state index in [0.717, 1.165) is 0 Å². The van der Waals surface area contributed by atoms with E-state index in [1.165, 1.54) is 6.07 Å². The topological polar surface area (TPSA) is 72.2 Å². The number of rotatable bonds is 5. The fourth-order valence-electron chi connectivity index (χ4n) is 1.11. The van der Waals surface area contributed by atoms with Gasteiger partial charge in [-0.25, -0.2) is 13.1 Å². The molecule has 0 fully saturated rings. The van der Waals surface area contributed by atoms with Gasteiger partial charge in [0.1, 0.15) is 0 Å². The molecule has 0 radical (unpaired) electrons. The lowest BCUT2D eigenvalue weighted by atomic mass is 10.2. The molecule has 0 spiro atoms. The third kappa shape index (κ3) is 4.27. The Kier molecular flexibility index (Phi) is 5.01. The highest BCUT2D eigenvalue weighted by Crippen LogP contribution is 2.23. The molecule has 0 aromatic heterocycles. The molecule has 0 aliphatic heterocycles. The van der Waals surface area contributed by atoms with E-state index >= 15 is 0 Å². The fraction of sp³-hybridized carbons (Fsp3) is 0.333. The van der Waals surface area contributed by atoms with Gasteiger partial charge >= 0.3 is 0 Å². The van der Waals surface area contributed by atoms with E-state index in [1.54, 1.807) is 12.1 Å². The molecule has 16 heavy (non-hydrogen) atoms. The number of hydrogen-bond donors (Lipinski definition) is 2. The van der Waals surface area contributed by atoms with Crippen LogP contribution in [0, 0.1) is 0 Å². The second-order valence-corrected chi connectivity index (χ2v) is 5.81. The Morgan fingerprint density at radius 2 is 1.94 bits per heavy atom. The summed E-state index contributed by atoms with van der Waals surface area (Å²) in [6.07, 6.45) is 0. The van der Waals surface area contributed by atoms with Crippen LogP contribution >= 0.6 is 23.2 Å². The molecule has 0 heterocycles. The van der Waals surface area contributed by atoms with Gasteiger partial charge in [-0.05, 0) is 17.7 Å². The molecule has 4 nitrogen and oxygen atoms in total. The summed E-state index contributed by atoms with van der Waals surface area (Å²) in [5.41, 5.74) is 5.79. The molecule has 90 valence electrons. The first-order chi connectivity index (χ1) is 7.44. The zero-order chi connectivity index (χ0) is 12.2. The quantitative estimate of drug-likeness (QED) is 0.857. The molecular weight excluding hydrogens is 271 g/mol. The number of benzene rings is 1. The molecule has 0 saturated carbocycles. The van der Waals surface area contributed by atoms with Crippen molar-refractivity contribution in [3.63, 3.8) is 0 Å². The summed E-state index contributed by atoms with van der Waals surface area (Å²) in [5, 5.41) is 0.742. The number of sulfonamides is 1. The minimum atomic E-state index is -3.36. The first-order valence-corrected chi connectivity index (χ1v) is 6.97. The van der Waals surface area contributed by atoms with Crippen LogP contribution in [0.4, 0.5) is 0 Å². The van der Waals surface area contributed by atoms with E-state index in [4.69, 9.17) is 28.9 Å². The summed E-state index contributed by atoms with van der Waals surface area (Å²) in [7, 11) is -3.36. The summed E-state index contributed by atoms with van der Waals surface area (Å²) < 4.78 is 25.4. The number of halogens is 2. The molecule has 3 N–H and O–H groups in total. The SMILES string of the molecule is NCCNS(=O)(=O)Cc1ccc(Cl)c(Cl)c1. The van der Waals surface area contributed by atoms with Crippen LogP contribution in [0.3, 0.4) is 0 Å². The Hall–Kier alpha value is -0.330. The molecule has 1 aromatic carbocycles. The number of nitrogens with one attached hydrogen (secondary N) is 1. The van der Waals surface area contributed by atoms with Crippen LogP contribution in [-0.4, -0.2) is 21.5 Å². The maximum absolute atomic E-state index is 11.5. The van der Waals surface area contributed by atoms with E-state index in [1.807, 2.05) is 0 Å². The minimum absolute atomic E-state index is 0.135. The number of hydrogen-bond acceptors (Lipinski definition) is 3. The van der Waals surface area contributed by atoms with Crippen LogP contribution in [0.5, 0.6) is 0 Å². The van der Waals surface area contributed by atoms with Crippen molar-refractivity contribution in [2.24, 2.45) is 5.73 Å². The molecular formula is C9H12Cl2N2O2S. The van der Waals surface area contributed by atoms with Crippen LogP contribution in [0.25, 0.3) is 0 Å². The smallest absolute Gasteiger partial charge is 0.215 e. The lowest BCUT2D eigenvalue weighted by Gasteiger charge is -2.06. The van der Waals surface area contributed by atoms with Gasteiger partial charge in [0.25, 0.3) is 0 Å². The summed E-state index contributed by atoms with van der Waals surface area (Å²) in [6.45, 7) is 0.490. The maximum Gasteiger partial charge on any atom is 0.215 e. The molecule has 0 amide bonds. The van der Waals surface area contributed by atoms with E-state index < -0.39 is 10.0 Å². The fourth-order valence-corrected chi connectivity index (χ4v) is 2.58. The summed E-state index contributed by atoms with van der Waals surface area (Å²) >= 11 is 11.5. The van der Waals surface area contributed by atoms with Crippen molar-refractivity contribution < 1.29 is 8.42 Å². The standard InChI is InChI=1S/C9H12Cl2N2O2S/c10-8-2-1-7(5-9(8)11)6-16(14,15)13-4-3-12/h1-2,5,13H,3-4,6,12H2. The van der Waals surface area contributed by atoms with Crippen LogP contribution in [0.15, 0.2) is 18.2 Å². The number of nitrogens with two attached hydrogens (primary N) is 1. The van der Waals surface area contributed by atoms with Crippen LogP contribution in [0.1, 0.15) is 5.56 Å². The van der Waals surface area contributed by atoms with E-state index in [-0.39, 0.29) is 18.8 Å². The van der Waals surface area contributed by atoms with Crippen molar-refractivity contribution in [1.29, 1.82) is 0 Å². The summed E-state index contributed by atoms with van der Waals surface area (Å²) in [6, 6.07) is 4.72. The van der Waals surface area contributed by atoms with Gasteiger partial charge in [-0.3, -0.25) is 0 Å². The van der Waals surface area contributed by atoms with Crippen molar-refractivity contribution >= 4 is 33.2 Å². The Morgan fingerprint density at radius 3 is 2.50 bits per heavy atom. The highest BCUT2D eigenvalue weighted by Gasteiger charge is 2.11. The van der Waals surface area contributed by atoms with Crippen molar-refractivity contribution in [2.75, 3.05) is 13.1 Å². The van der Waals surface area contributed by atoms with E-state index in [9.17, 15) is 8.42 Å². The Labute approximate surface area is 105 Å². The van der Waals surface area contributed by atoms with Gasteiger partial charge in [-0.15, -0.1) is 0 Å². The minimum Gasteiger partial charge on any atom is -0.329 e. The molecule has 0 aliphatic rings. The molecule has 0 atom stereocenters. The Bertz CT molecular complexity index is 463. The third-order valence-electron chi connectivity index (χ3n) is 1.81. The molecule has 1 aromatic rings. The van der Waals surface area contributed by atoms with Gasteiger partial charge in [-0.2, -0.15) is 0 Å². The highest BCUT2D eigenvalue weighted by molar-refractivity contribution is 7.88. The second kappa shape index (κ2) is 5.84. The molecule has 0 saturated heterocycles. The van der Waals surface area contributed by atoms with Crippen LogP contribution in [0.2, 0.25) is 10.0 Å². The Balaban J connectivity index is 2.76. The molecule has 0 aliphatic carbocycles. The summed E-state index contributed by atoms with van der Waals surface area (Å²) in [4.78, 5) is 0. The molecule has 1 rings (SSSR count).